The van der Waals surface area contributed by atoms with Crippen molar-refractivity contribution in [3.63, 3.8) is 0 Å². The van der Waals surface area contributed by atoms with E-state index in [-0.39, 0.29) is 12.0 Å². The molecule has 2 rings (SSSR count). The van der Waals surface area contributed by atoms with E-state index in [0.29, 0.717) is 24.5 Å². The van der Waals surface area contributed by atoms with Gasteiger partial charge in [0.25, 0.3) is 0 Å². The highest BCUT2D eigenvalue weighted by Crippen LogP contribution is 2.27. The highest BCUT2D eigenvalue weighted by atomic mass is 16.4. The van der Waals surface area contributed by atoms with Gasteiger partial charge in [0.15, 0.2) is 0 Å². The Labute approximate surface area is 98.3 Å². The normalized spacial score (nSPS) is 23.0. The summed E-state index contributed by atoms with van der Waals surface area (Å²) < 4.78 is 0. The van der Waals surface area contributed by atoms with Crippen molar-refractivity contribution in [2.24, 2.45) is 5.92 Å². The minimum absolute atomic E-state index is 0.0741. The van der Waals surface area contributed by atoms with Gasteiger partial charge >= 0.3 is 5.97 Å². The van der Waals surface area contributed by atoms with Gasteiger partial charge in [0.05, 0.1) is 5.92 Å². The van der Waals surface area contributed by atoms with E-state index in [1.807, 2.05) is 6.07 Å². The molecule has 2 unspecified atom stereocenters. The average Bonchev–Trinajstić information content (AvgIpc) is 2.78. The maximum Gasteiger partial charge on any atom is 0.306 e. The monoisotopic (exact) mass is 232 g/mol. The summed E-state index contributed by atoms with van der Waals surface area (Å²) in [6, 6.07) is 3.54. The molecule has 6 nitrogen and oxygen atoms in total. The van der Waals surface area contributed by atoms with Gasteiger partial charge in [-0.2, -0.15) is 5.26 Å². The second-order valence-electron chi connectivity index (χ2n) is 4.07. The lowest BCUT2D eigenvalue weighted by molar-refractivity contribution is -0.141. The maximum absolute atomic E-state index is 10.8. The fraction of sp³-hybridized carbons (Fsp3) is 0.455. The number of aliphatic carboxylic acids is 1. The minimum Gasteiger partial charge on any atom is -0.481 e. The molecule has 1 saturated carbocycles. The van der Waals surface area contributed by atoms with Gasteiger partial charge in [-0.1, -0.05) is 0 Å². The summed E-state index contributed by atoms with van der Waals surface area (Å²) in [5.41, 5.74) is 0.301. The molecule has 17 heavy (non-hydrogen) atoms. The van der Waals surface area contributed by atoms with Gasteiger partial charge in [-0.25, -0.2) is 9.97 Å². The van der Waals surface area contributed by atoms with Crippen molar-refractivity contribution in [1.82, 2.24) is 9.97 Å². The van der Waals surface area contributed by atoms with Crippen LogP contribution < -0.4 is 5.32 Å². The van der Waals surface area contributed by atoms with E-state index < -0.39 is 5.97 Å². The molecule has 2 atom stereocenters. The summed E-state index contributed by atoms with van der Waals surface area (Å²) in [5, 5.41) is 20.6. The second kappa shape index (κ2) is 4.78. The molecule has 0 bridgehead atoms. The van der Waals surface area contributed by atoms with E-state index in [1.165, 1.54) is 12.3 Å². The van der Waals surface area contributed by atoms with E-state index in [0.717, 1.165) is 6.42 Å². The summed E-state index contributed by atoms with van der Waals surface area (Å²) >= 11 is 0. The lowest BCUT2D eigenvalue weighted by atomic mass is 10.1. The van der Waals surface area contributed by atoms with Crippen molar-refractivity contribution < 1.29 is 9.90 Å². The number of hydrogen-bond acceptors (Lipinski definition) is 5. The zero-order valence-corrected chi connectivity index (χ0v) is 9.13. The Balaban J connectivity index is 1.98. The van der Waals surface area contributed by atoms with Crippen LogP contribution in [-0.4, -0.2) is 27.1 Å². The van der Waals surface area contributed by atoms with Gasteiger partial charge in [0.1, 0.15) is 11.8 Å². The third-order valence-corrected chi connectivity index (χ3v) is 2.89. The van der Waals surface area contributed by atoms with E-state index in [4.69, 9.17) is 10.4 Å². The molecule has 6 heteroatoms. The largest absolute Gasteiger partial charge is 0.481 e. The van der Waals surface area contributed by atoms with Gasteiger partial charge in [-0.15, -0.1) is 0 Å². The Morgan fingerprint density at radius 1 is 1.59 bits per heavy atom. The molecule has 1 aliphatic carbocycles. The van der Waals surface area contributed by atoms with Crippen molar-refractivity contribution in [3.05, 3.63) is 18.0 Å². The first-order valence-electron chi connectivity index (χ1n) is 5.41. The number of rotatable bonds is 3. The molecule has 0 radical (unpaired) electrons. The number of hydrogen-bond donors (Lipinski definition) is 2. The number of carbonyl (C=O) groups is 1. The van der Waals surface area contributed by atoms with E-state index in [1.54, 1.807) is 0 Å². The summed E-state index contributed by atoms with van der Waals surface area (Å²) in [7, 11) is 0. The molecule has 1 aromatic rings. The number of nitriles is 1. The van der Waals surface area contributed by atoms with Crippen LogP contribution in [0.1, 0.15) is 25.0 Å². The molecule has 0 spiro atoms. The van der Waals surface area contributed by atoms with E-state index in [2.05, 4.69) is 15.3 Å². The molecule has 2 N–H and O–H groups in total. The van der Waals surface area contributed by atoms with Gasteiger partial charge in [0.2, 0.25) is 5.95 Å². The minimum atomic E-state index is -0.749. The van der Waals surface area contributed by atoms with Gasteiger partial charge < -0.3 is 10.4 Å². The van der Waals surface area contributed by atoms with Crippen LogP contribution >= 0.6 is 0 Å². The molecule has 0 aromatic carbocycles. The van der Waals surface area contributed by atoms with Crippen molar-refractivity contribution in [2.45, 2.75) is 25.3 Å². The molecule has 0 aliphatic heterocycles. The Hall–Kier alpha value is -2.16. The highest BCUT2D eigenvalue weighted by Gasteiger charge is 2.29. The lowest BCUT2D eigenvalue weighted by Gasteiger charge is -2.11. The number of carboxylic acids is 1. The van der Waals surface area contributed by atoms with Crippen LogP contribution in [0.2, 0.25) is 0 Å². The standard InChI is InChI=1S/C11H12N4O2/c12-6-9-3-4-13-11(15-9)14-8-2-1-7(5-8)10(16)17/h3-4,7-8H,1-2,5H2,(H,16,17)(H,13,14,15). The summed E-state index contributed by atoms with van der Waals surface area (Å²) in [4.78, 5) is 18.8. The topological polar surface area (TPSA) is 98.9 Å². The lowest BCUT2D eigenvalue weighted by Crippen LogP contribution is -2.19. The average molecular weight is 232 g/mol. The Kier molecular flexibility index (Phi) is 3.19. The quantitative estimate of drug-likeness (QED) is 0.807. The first-order chi connectivity index (χ1) is 8.19. The van der Waals surface area contributed by atoms with Crippen LogP contribution in [0.3, 0.4) is 0 Å². The predicted molar refractivity (Wildman–Crippen MR) is 59.1 cm³/mol. The molecular formula is C11H12N4O2. The molecule has 0 amide bonds. The summed E-state index contributed by atoms with van der Waals surface area (Å²) in [6.07, 6.45) is 3.55. The van der Waals surface area contributed by atoms with Crippen LogP contribution in [0.5, 0.6) is 0 Å². The number of nitrogens with one attached hydrogen (secondary N) is 1. The summed E-state index contributed by atoms with van der Waals surface area (Å²) in [5.74, 6) is -0.646. The fourth-order valence-corrected chi connectivity index (χ4v) is 2.01. The third kappa shape index (κ3) is 2.69. The van der Waals surface area contributed by atoms with E-state index >= 15 is 0 Å². The molecule has 88 valence electrons. The SMILES string of the molecule is N#Cc1ccnc(NC2CCC(C(=O)O)C2)n1. The fourth-order valence-electron chi connectivity index (χ4n) is 2.01. The number of aromatic nitrogens is 2. The first kappa shape index (κ1) is 11.3. The van der Waals surface area contributed by atoms with Crippen LogP contribution in [0.4, 0.5) is 5.95 Å². The Bertz CT molecular complexity index is 469. The van der Waals surface area contributed by atoms with Crippen molar-refractivity contribution >= 4 is 11.9 Å². The smallest absolute Gasteiger partial charge is 0.306 e. The molecule has 1 aromatic heterocycles. The first-order valence-corrected chi connectivity index (χ1v) is 5.41. The third-order valence-electron chi connectivity index (χ3n) is 2.89. The zero-order valence-electron chi connectivity index (χ0n) is 9.13. The Morgan fingerprint density at radius 2 is 2.41 bits per heavy atom. The Morgan fingerprint density at radius 3 is 3.06 bits per heavy atom. The zero-order chi connectivity index (χ0) is 12.3. The summed E-state index contributed by atoms with van der Waals surface area (Å²) in [6.45, 7) is 0. The second-order valence-corrected chi connectivity index (χ2v) is 4.07. The van der Waals surface area contributed by atoms with Gasteiger partial charge in [-0.05, 0) is 25.3 Å². The molecule has 1 aliphatic rings. The molecule has 0 saturated heterocycles. The molecule has 1 heterocycles. The predicted octanol–water partition coefficient (Wildman–Crippen LogP) is 1.01. The van der Waals surface area contributed by atoms with Gasteiger partial charge in [0, 0.05) is 12.2 Å². The van der Waals surface area contributed by atoms with E-state index in [9.17, 15) is 4.79 Å². The number of nitrogens with zero attached hydrogens (tertiary/aromatic N) is 3. The van der Waals surface area contributed by atoms with Crippen LogP contribution in [0, 0.1) is 17.2 Å². The molecule has 1 fully saturated rings. The van der Waals surface area contributed by atoms with Crippen molar-refractivity contribution in [1.29, 1.82) is 5.26 Å². The maximum atomic E-state index is 10.8. The van der Waals surface area contributed by atoms with Gasteiger partial charge in [-0.3, -0.25) is 4.79 Å². The highest BCUT2D eigenvalue weighted by molar-refractivity contribution is 5.70. The van der Waals surface area contributed by atoms with Crippen molar-refractivity contribution in [2.75, 3.05) is 5.32 Å². The van der Waals surface area contributed by atoms with Crippen LogP contribution in [0.15, 0.2) is 12.3 Å². The van der Waals surface area contributed by atoms with Crippen LogP contribution in [0.25, 0.3) is 0 Å². The van der Waals surface area contributed by atoms with Crippen molar-refractivity contribution in [3.8, 4) is 6.07 Å². The number of carboxylic acid groups (broad SMARTS) is 1. The molecular weight excluding hydrogens is 220 g/mol. The van der Waals surface area contributed by atoms with Crippen LogP contribution in [-0.2, 0) is 4.79 Å². The number of anilines is 1.